The fourth-order valence-electron chi connectivity index (χ4n) is 2.02. The van der Waals surface area contributed by atoms with Gasteiger partial charge in [-0.3, -0.25) is 9.59 Å². The van der Waals surface area contributed by atoms with E-state index in [2.05, 4.69) is 15.5 Å². The molecule has 20 heavy (non-hydrogen) atoms. The maximum Gasteiger partial charge on any atom is 0.307 e. The summed E-state index contributed by atoms with van der Waals surface area (Å²) in [6.07, 6.45) is 1.62. The van der Waals surface area contributed by atoms with Crippen molar-refractivity contribution < 1.29 is 19.1 Å². The molecular weight excluding hydrogens is 262 g/mol. The van der Waals surface area contributed by atoms with Crippen molar-refractivity contribution in [3.8, 4) is 11.5 Å². The van der Waals surface area contributed by atoms with Crippen molar-refractivity contribution in [1.82, 2.24) is 10.2 Å². The second-order valence-electron chi connectivity index (χ2n) is 4.60. The quantitative estimate of drug-likeness (QED) is 0.872. The molecule has 1 aliphatic rings. The van der Waals surface area contributed by atoms with Gasteiger partial charge in [0.2, 0.25) is 18.2 Å². The summed E-state index contributed by atoms with van der Waals surface area (Å²) >= 11 is 0. The van der Waals surface area contributed by atoms with Crippen LogP contribution < -0.4 is 5.32 Å². The molecule has 1 amide bonds. The normalized spacial score (nSPS) is 20.4. The van der Waals surface area contributed by atoms with E-state index in [0.717, 1.165) is 0 Å². The van der Waals surface area contributed by atoms with Crippen molar-refractivity contribution >= 4 is 17.6 Å². The number of carbonyl (C=O) groups excluding carboxylic acids is 1. The predicted octanol–water partition coefficient (Wildman–Crippen LogP) is 1.40. The number of carbonyl (C=O) groups is 2. The number of rotatable bonds is 4. The van der Waals surface area contributed by atoms with Crippen LogP contribution in [0.2, 0.25) is 0 Å². The minimum absolute atomic E-state index is 0.278. The van der Waals surface area contributed by atoms with Gasteiger partial charge >= 0.3 is 5.97 Å². The van der Waals surface area contributed by atoms with Crippen LogP contribution in [0.5, 0.6) is 0 Å². The molecule has 0 bridgehead atoms. The van der Waals surface area contributed by atoms with E-state index in [0.29, 0.717) is 23.6 Å². The Hall–Kier alpha value is -2.70. The molecule has 2 atom stereocenters. The third-order valence-corrected chi connectivity index (χ3v) is 3.18. The first-order chi connectivity index (χ1) is 9.65. The molecule has 1 fully saturated rings. The number of carboxylic acids is 1. The van der Waals surface area contributed by atoms with E-state index in [4.69, 9.17) is 9.52 Å². The third kappa shape index (κ3) is 2.37. The third-order valence-electron chi connectivity index (χ3n) is 3.18. The lowest BCUT2D eigenvalue weighted by molar-refractivity contribution is -0.139. The van der Waals surface area contributed by atoms with Crippen molar-refractivity contribution in [3.63, 3.8) is 0 Å². The largest absolute Gasteiger partial charge is 0.481 e. The summed E-state index contributed by atoms with van der Waals surface area (Å²) in [7, 11) is 0. The molecule has 7 heteroatoms. The smallest absolute Gasteiger partial charge is 0.307 e. The Balaban J connectivity index is 1.71. The number of aliphatic carboxylic acids is 1. The fourth-order valence-corrected chi connectivity index (χ4v) is 2.02. The topological polar surface area (TPSA) is 105 Å². The first kappa shape index (κ1) is 12.3. The van der Waals surface area contributed by atoms with Gasteiger partial charge in [-0.2, -0.15) is 0 Å². The Morgan fingerprint density at radius 3 is 2.85 bits per heavy atom. The summed E-state index contributed by atoms with van der Waals surface area (Å²) in [6, 6.07) is 6.94. The summed E-state index contributed by atoms with van der Waals surface area (Å²) in [5, 5.41) is 18.9. The van der Waals surface area contributed by atoms with E-state index >= 15 is 0 Å². The highest BCUT2D eigenvalue weighted by molar-refractivity contribution is 5.98. The molecule has 0 radical (unpaired) electrons. The van der Waals surface area contributed by atoms with E-state index in [1.165, 1.54) is 6.39 Å². The molecular formula is C13H11N3O4. The Labute approximate surface area is 113 Å². The lowest BCUT2D eigenvalue weighted by Gasteiger charge is -2.05. The predicted molar refractivity (Wildman–Crippen MR) is 67.6 cm³/mol. The van der Waals surface area contributed by atoms with Gasteiger partial charge in [0, 0.05) is 11.3 Å². The summed E-state index contributed by atoms with van der Waals surface area (Å²) in [5.74, 6) is -1.85. The molecule has 1 heterocycles. The second-order valence-corrected chi connectivity index (χ2v) is 4.60. The molecule has 1 aromatic heterocycles. The highest BCUT2D eigenvalue weighted by Gasteiger charge is 2.48. The van der Waals surface area contributed by atoms with Crippen LogP contribution in [0, 0.1) is 11.8 Å². The molecule has 3 rings (SSSR count). The molecule has 1 aliphatic carbocycles. The van der Waals surface area contributed by atoms with Crippen LogP contribution in [0.15, 0.2) is 35.1 Å². The molecule has 1 aromatic carbocycles. The number of benzene rings is 1. The minimum Gasteiger partial charge on any atom is -0.481 e. The Morgan fingerprint density at radius 1 is 1.35 bits per heavy atom. The average molecular weight is 273 g/mol. The van der Waals surface area contributed by atoms with Crippen molar-refractivity contribution in [2.24, 2.45) is 11.8 Å². The van der Waals surface area contributed by atoms with Gasteiger partial charge in [0.05, 0.1) is 11.8 Å². The molecule has 2 aromatic rings. The van der Waals surface area contributed by atoms with E-state index in [-0.39, 0.29) is 5.91 Å². The Kier molecular flexibility index (Phi) is 2.94. The van der Waals surface area contributed by atoms with Crippen LogP contribution in [0.4, 0.5) is 5.69 Å². The lowest BCUT2D eigenvalue weighted by Crippen LogP contribution is -2.16. The maximum atomic E-state index is 11.9. The second kappa shape index (κ2) is 4.76. The van der Waals surface area contributed by atoms with Crippen LogP contribution in [0.25, 0.3) is 11.5 Å². The fraction of sp³-hybridized carbons (Fsp3) is 0.231. The van der Waals surface area contributed by atoms with Crippen molar-refractivity contribution in [2.45, 2.75) is 6.42 Å². The average Bonchev–Trinajstić information content (AvgIpc) is 3.06. The number of anilines is 1. The van der Waals surface area contributed by atoms with E-state index < -0.39 is 17.8 Å². The van der Waals surface area contributed by atoms with Gasteiger partial charge in [-0.05, 0) is 24.6 Å². The highest BCUT2D eigenvalue weighted by Crippen LogP contribution is 2.39. The van der Waals surface area contributed by atoms with E-state index in [1.807, 2.05) is 0 Å². The number of hydrogen-bond donors (Lipinski definition) is 2. The van der Waals surface area contributed by atoms with Crippen LogP contribution in [-0.2, 0) is 9.59 Å². The number of nitrogens with zero attached hydrogens (tertiary/aromatic N) is 2. The zero-order valence-corrected chi connectivity index (χ0v) is 10.3. The summed E-state index contributed by atoms with van der Waals surface area (Å²) in [6.45, 7) is 0. The molecule has 1 saturated carbocycles. The van der Waals surface area contributed by atoms with Crippen molar-refractivity contribution in [2.75, 3.05) is 5.32 Å². The number of carboxylic acid groups (broad SMARTS) is 1. The Morgan fingerprint density at radius 2 is 2.20 bits per heavy atom. The van der Waals surface area contributed by atoms with Crippen molar-refractivity contribution in [3.05, 3.63) is 30.7 Å². The SMILES string of the molecule is O=C(O)[C@H]1C[C@H]1C(=O)Nc1cccc(-c2nnco2)c1. The monoisotopic (exact) mass is 273 g/mol. The first-order valence-corrected chi connectivity index (χ1v) is 6.05. The van der Waals surface area contributed by atoms with E-state index in [1.54, 1.807) is 24.3 Å². The summed E-state index contributed by atoms with van der Waals surface area (Å²) in [5.41, 5.74) is 1.26. The summed E-state index contributed by atoms with van der Waals surface area (Å²) in [4.78, 5) is 22.6. The van der Waals surface area contributed by atoms with Crippen LogP contribution in [-0.4, -0.2) is 27.2 Å². The van der Waals surface area contributed by atoms with Gasteiger partial charge < -0.3 is 14.8 Å². The number of nitrogens with one attached hydrogen (secondary N) is 1. The molecule has 2 N–H and O–H groups in total. The molecule has 0 aliphatic heterocycles. The van der Waals surface area contributed by atoms with Crippen molar-refractivity contribution in [1.29, 1.82) is 0 Å². The van der Waals surface area contributed by atoms with Gasteiger partial charge in [0.1, 0.15) is 0 Å². The zero-order valence-electron chi connectivity index (χ0n) is 10.3. The van der Waals surface area contributed by atoms with Crippen LogP contribution in [0.1, 0.15) is 6.42 Å². The number of amides is 1. The van der Waals surface area contributed by atoms with Gasteiger partial charge in [0.15, 0.2) is 0 Å². The van der Waals surface area contributed by atoms with E-state index in [9.17, 15) is 9.59 Å². The van der Waals surface area contributed by atoms with Gasteiger partial charge in [-0.25, -0.2) is 0 Å². The zero-order chi connectivity index (χ0) is 14.1. The maximum absolute atomic E-state index is 11.9. The van der Waals surface area contributed by atoms with Crippen LogP contribution in [0.3, 0.4) is 0 Å². The van der Waals surface area contributed by atoms with Gasteiger partial charge in [0.25, 0.3) is 0 Å². The summed E-state index contributed by atoms with van der Waals surface area (Å²) < 4.78 is 5.08. The highest BCUT2D eigenvalue weighted by atomic mass is 16.4. The molecule has 0 spiro atoms. The lowest BCUT2D eigenvalue weighted by atomic mass is 10.2. The standard InChI is InChI=1S/C13H11N3O4/c17-11(9-5-10(9)13(18)19)15-8-3-1-2-7(4-8)12-16-14-6-20-12/h1-4,6,9-10H,5H2,(H,15,17)(H,18,19)/t9-,10+/m1/s1. The first-order valence-electron chi connectivity index (χ1n) is 6.05. The van der Waals surface area contributed by atoms with Crippen LogP contribution >= 0.6 is 0 Å². The van der Waals surface area contributed by atoms with Gasteiger partial charge in [-0.15, -0.1) is 10.2 Å². The number of hydrogen-bond acceptors (Lipinski definition) is 5. The minimum atomic E-state index is -0.926. The molecule has 7 nitrogen and oxygen atoms in total. The molecule has 0 unspecified atom stereocenters. The Bertz CT molecular complexity index is 653. The van der Waals surface area contributed by atoms with Gasteiger partial charge in [-0.1, -0.05) is 6.07 Å². The molecule has 0 saturated heterocycles. The number of aromatic nitrogens is 2. The molecule has 102 valence electrons.